The highest BCUT2D eigenvalue weighted by Gasteiger charge is 2.51. The van der Waals surface area contributed by atoms with Crippen LogP contribution in [-0.2, 0) is 20.9 Å². The number of fused-ring (bicyclic) bond motifs is 1. The van der Waals surface area contributed by atoms with Crippen LogP contribution in [0.5, 0.6) is 0 Å². The Kier molecular flexibility index (Phi) is 23.3. The van der Waals surface area contributed by atoms with E-state index >= 15 is 0 Å². The lowest BCUT2D eigenvalue weighted by Crippen LogP contribution is -2.56. The van der Waals surface area contributed by atoms with Gasteiger partial charge in [0.15, 0.2) is 5.78 Å². The normalized spacial score (nSPS) is 18.8. The van der Waals surface area contributed by atoms with Gasteiger partial charge in [-0.05, 0) is 92.7 Å². The maximum Gasteiger partial charge on any atom is 0.315 e. The Morgan fingerprint density at radius 2 is 1.54 bits per heavy atom. The minimum absolute atomic E-state index is 0.000459. The Labute approximate surface area is 330 Å². The van der Waals surface area contributed by atoms with E-state index in [4.69, 9.17) is 4.79 Å². The van der Waals surface area contributed by atoms with E-state index in [1.807, 2.05) is 44.2 Å². The molecule has 0 bridgehead atoms. The summed E-state index contributed by atoms with van der Waals surface area (Å²) in [5, 5.41) is 12.7. The first kappa shape index (κ1) is 50.5. The lowest BCUT2D eigenvalue weighted by Gasteiger charge is -2.41. The van der Waals surface area contributed by atoms with Crippen LogP contribution in [0.25, 0.3) is 0 Å². The molecule has 308 valence electrons. The molecule has 54 heavy (non-hydrogen) atoms. The van der Waals surface area contributed by atoms with Crippen molar-refractivity contribution in [2.45, 2.75) is 159 Å². The number of carbonyl (C=O) groups excluding carboxylic acids is 4. The molecular formula is C45H79N5O4. The lowest BCUT2D eigenvalue weighted by atomic mass is 9.79. The molecule has 1 saturated carbocycles. The van der Waals surface area contributed by atoms with Gasteiger partial charge in [-0.3, -0.25) is 9.59 Å². The molecule has 3 amide bonds. The molecule has 1 aromatic rings. The zero-order valence-corrected chi connectivity index (χ0v) is 36.5. The van der Waals surface area contributed by atoms with Gasteiger partial charge in [-0.2, -0.15) is 0 Å². The summed E-state index contributed by atoms with van der Waals surface area (Å²) in [6.07, 6.45) is 6.28. The molecule has 2 aliphatic rings. The molecule has 4 unspecified atom stereocenters. The van der Waals surface area contributed by atoms with E-state index in [-0.39, 0.29) is 40.6 Å². The Hall–Kier alpha value is -3.46. The highest BCUT2D eigenvalue weighted by atomic mass is 16.2. The van der Waals surface area contributed by atoms with Gasteiger partial charge in [0.05, 0.1) is 6.04 Å². The van der Waals surface area contributed by atoms with Crippen molar-refractivity contribution < 1.29 is 19.2 Å². The second-order valence-corrected chi connectivity index (χ2v) is 17.3. The van der Waals surface area contributed by atoms with Gasteiger partial charge in [0.2, 0.25) is 5.91 Å². The third-order valence-electron chi connectivity index (χ3n) is 10.7. The zero-order chi connectivity index (χ0) is 41.8. The summed E-state index contributed by atoms with van der Waals surface area (Å²) in [6, 6.07) is 10.3. The molecule has 0 spiro atoms. The predicted molar refractivity (Wildman–Crippen MR) is 227 cm³/mol. The smallest absolute Gasteiger partial charge is 0.315 e. The van der Waals surface area contributed by atoms with Crippen LogP contribution in [0.1, 0.15) is 134 Å². The summed E-state index contributed by atoms with van der Waals surface area (Å²) in [6.45, 7) is 37.1. The predicted octanol–water partition coefficient (Wildman–Crippen LogP) is 8.84. The Bertz CT molecular complexity index is 1290. The van der Waals surface area contributed by atoms with Crippen molar-refractivity contribution in [1.29, 1.82) is 0 Å². The van der Waals surface area contributed by atoms with Crippen LogP contribution in [0.3, 0.4) is 0 Å². The topological polar surface area (TPSA) is 120 Å². The number of carbonyl (C=O) groups is 4. The summed E-state index contributed by atoms with van der Waals surface area (Å²) in [4.78, 5) is 47.2. The fourth-order valence-electron chi connectivity index (χ4n) is 6.78. The largest absolute Gasteiger partial charge is 0.370 e. The van der Waals surface area contributed by atoms with Crippen LogP contribution in [0.2, 0.25) is 0 Å². The molecule has 1 aliphatic heterocycles. The first-order chi connectivity index (χ1) is 25.2. The maximum atomic E-state index is 13.3. The van der Waals surface area contributed by atoms with Gasteiger partial charge in [-0.15, -0.1) is 0 Å². The van der Waals surface area contributed by atoms with Gasteiger partial charge in [-0.25, -0.2) is 4.79 Å². The van der Waals surface area contributed by atoms with Crippen LogP contribution in [0.15, 0.2) is 54.8 Å². The first-order valence-electron chi connectivity index (χ1n) is 20.2. The van der Waals surface area contributed by atoms with Crippen molar-refractivity contribution in [3.05, 3.63) is 60.3 Å². The third kappa shape index (κ3) is 18.2. The lowest BCUT2D eigenvalue weighted by molar-refractivity contribution is -0.121. The summed E-state index contributed by atoms with van der Waals surface area (Å²) < 4.78 is 0. The molecule has 1 aromatic carbocycles. The third-order valence-corrected chi connectivity index (χ3v) is 10.7. The van der Waals surface area contributed by atoms with E-state index in [1.165, 1.54) is 12.8 Å². The molecule has 3 rings (SSSR count). The number of hydrogen-bond acceptors (Lipinski definition) is 6. The fourth-order valence-corrected chi connectivity index (χ4v) is 6.78. The van der Waals surface area contributed by atoms with Gasteiger partial charge in [-0.1, -0.05) is 119 Å². The number of piperidine rings is 1. The highest BCUT2D eigenvalue weighted by molar-refractivity contribution is 5.92. The molecule has 0 aromatic heterocycles. The van der Waals surface area contributed by atoms with Crippen molar-refractivity contribution in [1.82, 2.24) is 26.2 Å². The quantitative estimate of drug-likeness (QED) is 0.118. The van der Waals surface area contributed by atoms with Gasteiger partial charge in [0.25, 0.3) is 0 Å². The van der Waals surface area contributed by atoms with Gasteiger partial charge >= 0.3 is 6.03 Å². The molecule has 9 heteroatoms. The second-order valence-electron chi connectivity index (χ2n) is 17.3. The van der Waals surface area contributed by atoms with Gasteiger partial charge in [0.1, 0.15) is 6.79 Å². The van der Waals surface area contributed by atoms with Crippen LogP contribution >= 0.6 is 0 Å². The zero-order valence-electron chi connectivity index (χ0n) is 36.5. The summed E-state index contributed by atoms with van der Waals surface area (Å²) in [5.41, 5.74) is 2.49. The Balaban J connectivity index is 0.00000130. The van der Waals surface area contributed by atoms with Crippen molar-refractivity contribution in [3.63, 3.8) is 0 Å². The van der Waals surface area contributed by atoms with E-state index in [2.05, 4.69) is 115 Å². The first-order valence-corrected chi connectivity index (χ1v) is 20.2. The number of nitrogens with zero attached hydrogens (tertiary/aromatic N) is 1. The minimum atomic E-state index is -0.190. The number of ketones is 1. The molecule has 2 fully saturated rings. The van der Waals surface area contributed by atoms with E-state index in [9.17, 15) is 14.4 Å². The van der Waals surface area contributed by atoms with Gasteiger partial charge < -0.3 is 31.0 Å². The van der Waals surface area contributed by atoms with E-state index in [0.717, 1.165) is 54.5 Å². The number of benzene rings is 1. The molecule has 1 aliphatic carbocycles. The SMILES string of the molecule is C=C(C(NC(=O)NC(CCC(=O)NCc1ccccc1)C(C)(C)CC)C(C)(C)C)N1C[C@@H]2C[C@@H]2C1C.C=C(CC(CC(C)C)NC)C(C)=O.C=O.CCC. The average molecular weight is 754 g/mol. The number of rotatable bonds is 17. The van der Waals surface area contributed by atoms with Crippen molar-refractivity contribution in [3.8, 4) is 0 Å². The number of Topliss-reactive ketones (excluding diaryl/α,β-unsaturated/α-hetero) is 1. The number of hydrogen-bond donors (Lipinski definition) is 4. The molecule has 1 heterocycles. The summed E-state index contributed by atoms with van der Waals surface area (Å²) >= 11 is 0. The van der Waals surface area contributed by atoms with Crippen LogP contribution in [0, 0.1) is 28.6 Å². The van der Waals surface area contributed by atoms with E-state index in [0.29, 0.717) is 37.4 Å². The van der Waals surface area contributed by atoms with E-state index in [1.54, 1.807) is 6.92 Å². The Morgan fingerprint density at radius 1 is 0.963 bits per heavy atom. The number of likely N-dealkylation sites (tertiary alicyclic amines) is 1. The van der Waals surface area contributed by atoms with Crippen LogP contribution < -0.4 is 21.3 Å². The van der Waals surface area contributed by atoms with E-state index < -0.39 is 0 Å². The maximum absolute atomic E-state index is 13.3. The van der Waals surface area contributed by atoms with Crippen molar-refractivity contribution in [2.24, 2.45) is 28.6 Å². The monoisotopic (exact) mass is 754 g/mol. The molecule has 6 atom stereocenters. The van der Waals surface area contributed by atoms with Crippen LogP contribution in [-0.4, -0.2) is 67.2 Å². The van der Waals surface area contributed by atoms with Gasteiger partial charge in [0, 0.05) is 43.3 Å². The molecule has 4 N–H and O–H groups in total. The minimum Gasteiger partial charge on any atom is -0.370 e. The number of nitrogens with one attached hydrogen (secondary N) is 4. The molecule has 9 nitrogen and oxygen atoms in total. The average Bonchev–Trinajstić information content (AvgIpc) is 3.82. The summed E-state index contributed by atoms with van der Waals surface area (Å²) in [5.74, 6) is 2.31. The number of amides is 3. The standard InChI is InChI=1S/C30H48N4O2.C11H21NO.C3H8.CH2O/c1-9-30(7,8)25(15-16-26(35)31-18-22-13-11-10-12-14-22)32-28(36)33-27(29(4,5)6)21(3)34-19-23-17-24(23)20(34)2;1-8(2)6-11(12-5)7-9(3)10(4)13;1-3-2;1-2/h10-14,20,23-25,27H,3,9,15-19H2,1-2,4-8H3,(H,31,35)(H2,32,33,36);8,11-12H,3,6-7H2,1-2,4-5H3;3H2,1-2H3;1H2/t20?,23-,24+,25?,27?;;;/m0.../s1. The second kappa shape index (κ2) is 24.8. The molecular weight excluding hydrogens is 675 g/mol. The van der Waals surface area contributed by atoms with Crippen molar-refractivity contribution in [2.75, 3.05) is 13.6 Å². The Morgan fingerprint density at radius 3 is 1.98 bits per heavy atom. The van der Waals surface area contributed by atoms with Crippen molar-refractivity contribution >= 4 is 24.5 Å². The number of urea groups is 1. The molecule has 1 saturated heterocycles. The van der Waals surface area contributed by atoms with Crippen LogP contribution in [0.4, 0.5) is 4.79 Å². The summed E-state index contributed by atoms with van der Waals surface area (Å²) in [7, 11) is 1.93. The highest BCUT2D eigenvalue weighted by Crippen LogP contribution is 2.51. The fraction of sp³-hybridized carbons (Fsp3) is 0.689. The molecule has 0 radical (unpaired) electrons.